The number of nitrogens with zero attached hydrogens (tertiary/aromatic N) is 1. The Labute approximate surface area is 102 Å². The molecule has 0 bridgehead atoms. The van der Waals surface area contributed by atoms with E-state index in [1.807, 2.05) is 12.1 Å². The first-order valence-corrected chi connectivity index (χ1v) is 6.44. The van der Waals surface area contributed by atoms with Crippen molar-refractivity contribution in [2.24, 2.45) is 5.92 Å². The molecule has 2 heterocycles. The molecule has 3 heteroatoms. The summed E-state index contributed by atoms with van der Waals surface area (Å²) >= 11 is 5.91. The molecule has 0 amide bonds. The lowest BCUT2D eigenvalue weighted by Crippen LogP contribution is -2.44. The maximum atomic E-state index is 5.91. The molecule has 2 fully saturated rings. The van der Waals surface area contributed by atoms with Crippen LogP contribution in [0, 0.1) is 5.92 Å². The molecule has 0 spiro atoms. The molecule has 1 N–H and O–H groups in total. The molecule has 2 aliphatic rings. The van der Waals surface area contributed by atoms with Gasteiger partial charge in [-0.3, -0.25) is 0 Å². The lowest BCUT2D eigenvalue weighted by Gasteiger charge is -2.36. The van der Waals surface area contributed by atoms with Crippen molar-refractivity contribution in [1.82, 2.24) is 5.32 Å². The lowest BCUT2D eigenvalue weighted by atomic mass is 9.93. The molecule has 0 radical (unpaired) electrons. The minimum absolute atomic E-state index is 0.767. The highest BCUT2D eigenvalue weighted by molar-refractivity contribution is 6.30. The summed E-state index contributed by atoms with van der Waals surface area (Å²) in [4.78, 5) is 2.49. The second kappa shape index (κ2) is 4.27. The van der Waals surface area contributed by atoms with E-state index >= 15 is 0 Å². The molecule has 0 saturated carbocycles. The fourth-order valence-electron chi connectivity index (χ4n) is 2.93. The Hall–Kier alpha value is -0.730. The normalized spacial score (nSPS) is 29.2. The average Bonchev–Trinajstić information content (AvgIpc) is 2.77. The largest absolute Gasteiger partial charge is 0.371 e. The van der Waals surface area contributed by atoms with Gasteiger partial charge >= 0.3 is 0 Å². The van der Waals surface area contributed by atoms with Crippen molar-refractivity contribution in [3.05, 3.63) is 29.3 Å². The van der Waals surface area contributed by atoms with Crippen LogP contribution in [-0.4, -0.2) is 25.7 Å². The highest BCUT2D eigenvalue weighted by atomic mass is 35.5. The molecule has 1 aromatic rings. The highest BCUT2D eigenvalue weighted by Crippen LogP contribution is 2.28. The van der Waals surface area contributed by atoms with Gasteiger partial charge in [-0.15, -0.1) is 0 Å². The van der Waals surface area contributed by atoms with Crippen LogP contribution in [0.3, 0.4) is 0 Å². The van der Waals surface area contributed by atoms with Crippen LogP contribution < -0.4 is 10.2 Å². The van der Waals surface area contributed by atoms with Gasteiger partial charge in [-0.25, -0.2) is 0 Å². The summed E-state index contributed by atoms with van der Waals surface area (Å²) in [7, 11) is 0. The fourth-order valence-corrected chi connectivity index (χ4v) is 3.06. The molecule has 0 aromatic heterocycles. The number of rotatable bonds is 1. The van der Waals surface area contributed by atoms with Crippen LogP contribution in [0.5, 0.6) is 0 Å². The van der Waals surface area contributed by atoms with Gasteiger partial charge in [-0.05, 0) is 49.6 Å². The zero-order valence-corrected chi connectivity index (χ0v) is 10.1. The third-order valence-electron chi connectivity index (χ3n) is 3.85. The van der Waals surface area contributed by atoms with E-state index in [2.05, 4.69) is 22.3 Å². The second-order valence-corrected chi connectivity index (χ2v) is 5.26. The highest BCUT2D eigenvalue weighted by Gasteiger charge is 2.32. The molecule has 3 rings (SSSR count). The van der Waals surface area contributed by atoms with E-state index in [4.69, 9.17) is 11.6 Å². The van der Waals surface area contributed by atoms with Crippen LogP contribution in [-0.2, 0) is 0 Å². The monoisotopic (exact) mass is 236 g/mol. The Morgan fingerprint density at radius 2 is 2.00 bits per heavy atom. The van der Waals surface area contributed by atoms with Crippen LogP contribution >= 0.6 is 11.6 Å². The molecule has 2 atom stereocenters. The van der Waals surface area contributed by atoms with Crippen LogP contribution in [0.4, 0.5) is 5.69 Å². The molecule has 2 nitrogen and oxygen atoms in total. The van der Waals surface area contributed by atoms with Crippen molar-refractivity contribution >= 4 is 17.3 Å². The number of hydrogen-bond acceptors (Lipinski definition) is 2. The molecule has 1 aromatic carbocycles. The summed E-state index contributed by atoms with van der Waals surface area (Å²) in [6, 6.07) is 8.99. The number of piperidine rings is 1. The van der Waals surface area contributed by atoms with Crippen molar-refractivity contribution in [3.63, 3.8) is 0 Å². The standard InChI is InChI=1S/C13H17ClN2/c14-11-1-3-12(4-2-11)16-8-6-13-10(9-16)5-7-15-13/h1-4,10,13,15H,5-9H2. The van der Waals surface area contributed by atoms with Gasteiger partial charge in [-0.2, -0.15) is 0 Å². The maximum absolute atomic E-state index is 5.91. The Morgan fingerprint density at radius 3 is 2.81 bits per heavy atom. The summed E-state index contributed by atoms with van der Waals surface area (Å²) < 4.78 is 0. The minimum Gasteiger partial charge on any atom is -0.371 e. The van der Waals surface area contributed by atoms with Gasteiger partial charge in [0.15, 0.2) is 0 Å². The van der Waals surface area contributed by atoms with Crippen molar-refractivity contribution in [1.29, 1.82) is 0 Å². The summed E-state index contributed by atoms with van der Waals surface area (Å²) in [6.07, 6.45) is 2.60. The Bertz CT molecular complexity index is 363. The van der Waals surface area contributed by atoms with E-state index in [0.717, 1.165) is 23.5 Å². The predicted octanol–water partition coefficient (Wildman–Crippen LogP) is 2.53. The van der Waals surface area contributed by atoms with Crippen LogP contribution in [0.25, 0.3) is 0 Å². The van der Waals surface area contributed by atoms with E-state index < -0.39 is 0 Å². The van der Waals surface area contributed by atoms with E-state index in [1.54, 1.807) is 0 Å². The van der Waals surface area contributed by atoms with E-state index in [-0.39, 0.29) is 0 Å². The van der Waals surface area contributed by atoms with Crippen LogP contribution in [0.2, 0.25) is 5.02 Å². The molecule has 16 heavy (non-hydrogen) atoms. The summed E-state index contributed by atoms with van der Waals surface area (Å²) in [5.74, 6) is 0.837. The fraction of sp³-hybridized carbons (Fsp3) is 0.538. The number of anilines is 1. The third-order valence-corrected chi connectivity index (χ3v) is 4.10. The second-order valence-electron chi connectivity index (χ2n) is 4.82. The molecule has 86 valence electrons. The van der Waals surface area contributed by atoms with Crippen molar-refractivity contribution < 1.29 is 0 Å². The third kappa shape index (κ3) is 1.92. The summed E-state index contributed by atoms with van der Waals surface area (Å²) in [6.45, 7) is 3.55. The molecular weight excluding hydrogens is 220 g/mol. The Morgan fingerprint density at radius 1 is 1.19 bits per heavy atom. The van der Waals surface area contributed by atoms with Gasteiger partial charge in [0.1, 0.15) is 0 Å². The van der Waals surface area contributed by atoms with Gasteiger partial charge in [0.25, 0.3) is 0 Å². The molecule has 2 unspecified atom stereocenters. The van der Waals surface area contributed by atoms with Crippen LogP contribution in [0.1, 0.15) is 12.8 Å². The molecule has 2 aliphatic heterocycles. The molecule has 2 saturated heterocycles. The first kappa shape index (κ1) is 10.4. The summed E-state index contributed by atoms with van der Waals surface area (Å²) in [5.41, 5.74) is 1.31. The number of fused-ring (bicyclic) bond motifs is 1. The minimum atomic E-state index is 0.767. The van der Waals surface area contributed by atoms with Crippen molar-refractivity contribution in [3.8, 4) is 0 Å². The van der Waals surface area contributed by atoms with Gasteiger partial charge in [0.2, 0.25) is 0 Å². The van der Waals surface area contributed by atoms with Crippen molar-refractivity contribution in [2.45, 2.75) is 18.9 Å². The SMILES string of the molecule is Clc1ccc(N2CCC3NCCC3C2)cc1. The van der Waals surface area contributed by atoms with E-state index in [9.17, 15) is 0 Å². The van der Waals surface area contributed by atoms with Crippen molar-refractivity contribution in [2.75, 3.05) is 24.5 Å². The predicted molar refractivity (Wildman–Crippen MR) is 68.2 cm³/mol. The van der Waals surface area contributed by atoms with Gasteiger partial charge < -0.3 is 10.2 Å². The average molecular weight is 237 g/mol. The summed E-state index contributed by atoms with van der Waals surface area (Å²) in [5, 5.41) is 4.41. The van der Waals surface area contributed by atoms with Gasteiger partial charge in [0, 0.05) is 29.8 Å². The number of benzene rings is 1. The zero-order valence-electron chi connectivity index (χ0n) is 9.32. The van der Waals surface area contributed by atoms with E-state index in [0.29, 0.717) is 0 Å². The molecular formula is C13H17ClN2. The number of nitrogens with one attached hydrogen (secondary N) is 1. The first-order chi connectivity index (χ1) is 7.83. The Balaban J connectivity index is 1.74. The number of halogens is 1. The first-order valence-electron chi connectivity index (χ1n) is 6.07. The maximum Gasteiger partial charge on any atom is 0.0407 e. The quantitative estimate of drug-likeness (QED) is 0.806. The number of hydrogen-bond donors (Lipinski definition) is 1. The lowest BCUT2D eigenvalue weighted by molar-refractivity contribution is 0.376. The smallest absolute Gasteiger partial charge is 0.0407 e. The van der Waals surface area contributed by atoms with E-state index in [1.165, 1.54) is 31.6 Å². The molecule has 0 aliphatic carbocycles. The zero-order chi connectivity index (χ0) is 11.0. The topological polar surface area (TPSA) is 15.3 Å². The van der Waals surface area contributed by atoms with Crippen LogP contribution in [0.15, 0.2) is 24.3 Å². The van der Waals surface area contributed by atoms with Gasteiger partial charge in [-0.1, -0.05) is 11.6 Å². The Kier molecular flexibility index (Phi) is 2.78. The van der Waals surface area contributed by atoms with Gasteiger partial charge in [0.05, 0.1) is 0 Å².